The lowest BCUT2D eigenvalue weighted by Crippen LogP contribution is -2.09. The summed E-state index contributed by atoms with van der Waals surface area (Å²) in [5.41, 5.74) is 3.32. The first-order valence-corrected chi connectivity index (χ1v) is 7.01. The van der Waals surface area contributed by atoms with Crippen molar-refractivity contribution in [2.45, 2.75) is 19.8 Å². The highest BCUT2D eigenvalue weighted by atomic mass is 16.5. The van der Waals surface area contributed by atoms with Gasteiger partial charge in [-0.3, -0.25) is 4.98 Å². The first kappa shape index (κ1) is 12.4. The van der Waals surface area contributed by atoms with Gasteiger partial charge in [0.05, 0.1) is 5.52 Å². The van der Waals surface area contributed by atoms with Gasteiger partial charge in [0, 0.05) is 36.5 Å². The van der Waals surface area contributed by atoms with Crippen LogP contribution in [0.1, 0.15) is 18.5 Å². The fourth-order valence-corrected chi connectivity index (χ4v) is 2.68. The van der Waals surface area contributed by atoms with Gasteiger partial charge in [-0.15, -0.1) is 0 Å². The molecule has 3 rings (SSSR count). The number of benzene rings is 1. The summed E-state index contributed by atoms with van der Waals surface area (Å²) < 4.78 is 5.41. The van der Waals surface area contributed by atoms with Crippen molar-refractivity contribution in [2.75, 3.05) is 25.1 Å². The Hall–Kier alpha value is -1.61. The number of nitrogens with one attached hydrogen (secondary N) is 1. The summed E-state index contributed by atoms with van der Waals surface area (Å²) in [6.07, 6.45) is 2.38. The van der Waals surface area contributed by atoms with Gasteiger partial charge in [0.1, 0.15) is 0 Å². The molecule has 0 radical (unpaired) electrons. The summed E-state index contributed by atoms with van der Waals surface area (Å²) in [7, 11) is 0. The molecule has 19 heavy (non-hydrogen) atoms. The van der Waals surface area contributed by atoms with Crippen LogP contribution in [0.25, 0.3) is 10.9 Å². The van der Waals surface area contributed by atoms with E-state index in [1.807, 2.05) is 13.0 Å². The Bertz CT molecular complexity index is 562. The zero-order valence-electron chi connectivity index (χ0n) is 11.4. The lowest BCUT2D eigenvalue weighted by atomic mass is 10.1. The van der Waals surface area contributed by atoms with E-state index in [-0.39, 0.29) is 0 Å². The predicted molar refractivity (Wildman–Crippen MR) is 78.5 cm³/mol. The van der Waals surface area contributed by atoms with Gasteiger partial charge in [0.25, 0.3) is 0 Å². The van der Waals surface area contributed by atoms with E-state index in [1.165, 1.54) is 23.9 Å². The lowest BCUT2D eigenvalue weighted by molar-refractivity contribution is 0.185. The molecule has 0 spiro atoms. The molecule has 3 heteroatoms. The smallest absolute Gasteiger partial charge is 0.0725 e. The summed E-state index contributed by atoms with van der Waals surface area (Å²) in [6.45, 7) is 4.91. The third kappa shape index (κ3) is 2.87. The fourth-order valence-electron chi connectivity index (χ4n) is 2.68. The van der Waals surface area contributed by atoms with E-state index < -0.39 is 0 Å². The van der Waals surface area contributed by atoms with Crippen LogP contribution >= 0.6 is 0 Å². The minimum atomic E-state index is 0.724. The molecule has 3 nitrogen and oxygen atoms in total. The molecule has 1 aliphatic heterocycles. The molecule has 1 aromatic heterocycles. The Labute approximate surface area is 114 Å². The topological polar surface area (TPSA) is 34.1 Å². The molecule has 0 aliphatic carbocycles. The summed E-state index contributed by atoms with van der Waals surface area (Å²) in [4.78, 5) is 4.56. The highest BCUT2D eigenvalue weighted by Gasteiger charge is 2.14. The SMILES string of the molecule is Cc1cc(NCCC2CCOC2)c2ccccc2n1. The van der Waals surface area contributed by atoms with Crippen LogP contribution in [-0.2, 0) is 4.74 Å². The molecule has 1 saturated heterocycles. The second-order valence-electron chi connectivity index (χ2n) is 5.27. The molecule has 0 amide bonds. The highest BCUT2D eigenvalue weighted by molar-refractivity contribution is 5.91. The number of nitrogens with zero attached hydrogens (tertiary/aromatic N) is 1. The maximum Gasteiger partial charge on any atom is 0.0725 e. The number of aromatic nitrogens is 1. The largest absolute Gasteiger partial charge is 0.384 e. The number of hydrogen-bond acceptors (Lipinski definition) is 3. The van der Waals surface area contributed by atoms with Crippen LogP contribution in [0.5, 0.6) is 0 Å². The molecule has 0 saturated carbocycles. The van der Waals surface area contributed by atoms with E-state index in [1.54, 1.807) is 0 Å². The molecule has 100 valence electrons. The minimum absolute atomic E-state index is 0.724. The van der Waals surface area contributed by atoms with Crippen molar-refractivity contribution in [2.24, 2.45) is 5.92 Å². The first-order chi connectivity index (χ1) is 9.33. The number of aryl methyl sites for hydroxylation is 1. The Morgan fingerprint density at radius 3 is 3.11 bits per heavy atom. The number of hydrogen-bond donors (Lipinski definition) is 1. The van der Waals surface area contributed by atoms with E-state index in [0.29, 0.717) is 0 Å². The van der Waals surface area contributed by atoms with Crippen molar-refractivity contribution in [3.63, 3.8) is 0 Å². The lowest BCUT2D eigenvalue weighted by Gasteiger charge is -2.12. The summed E-state index contributed by atoms with van der Waals surface area (Å²) >= 11 is 0. The average molecular weight is 256 g/mol. The second-order valence-corrected chi connectivity index (χ2v) is 5.27. The molecular formula is C16H20N2O. The molecule has 1 aliphatic rings. The van der Waals surface area contributed by atoms with Crippen molar-refractivity contribution >= 4 is 16.6 Å². The maximum atomic E-state index is 5.41. The van der Waals surface area contributed by atoms with Gasteiger partial charge in [-0.1, -0.05) is 18.2 Å². The number of fused-ring (bicyclic) bond motifs is 1. The van der Waals surface area contributed by atoms with Gasteiger partial charge in [-0.25, -0.2) is 0 Å². The first-order valence-electron chi connectivity index (χ1n) is 7.01. The van der Waals surface area contributed by atoms with E-state index in [2.05, 4.69) is 34.6 Å². The maximum absolute atomic E-state index is 5.41. The monoisotopic (exact) mass is 256 g/mol. The number of para-hydroxylation sites is 1. The molecule has 2 heterocycles. The van der Waals surface area contributed by atoms with E-state index in [0.717, 1.165) is 36.9 Å². The number of anilines is 1. The summed E-state index contributed by atoms with van der Waals surface area (Å²) in [5.74, 6) is 0.724. The highest BCUT2D eigenvalue weighted by Crippen LogP contribution is 2.23. The third-order valence-electron chi connectivity index (χ3n) is 3.74. The van der Waals surface area contributed by atoms with Crippen LogP contribution in [0, 0.1) is 12.8 Å². The molecule has 1 aromatic carbocycles. The van der Waals surface area contributed by atoms with Crippen LogP contribution in [0.3, 0.4) is 0 Å². The van der Waals surface area contributed by atoms with Crippen LogP contribution in [0.2, 0.25) is 0 Å². The molecule has 1 unspecified atom stereocenters. The van der Waals surface area contributed by atoms with E-state index in [4.69, 9.17) is 4.74 Å². The van der Waals surface area contributed by atoms with Gasteiger partial charge in [-0.05, 0) is 37.8 Å². The van der Waals surface area contributed by atoms with Crippen molar-refractivity contribution in [1.29, 1.82) is 0 Å². The van der Waals surface area contributed by atoms with Crippen LogP contribution in [-0.4, -0.2) is 24.7 Å². The molecular weight excluding hydrogens is 236 g/mol. The fraction of sp³-hybridized carbons (Fsp3) is 0.438. The number of rotatable bonds is 4. The Kier molecular flexibility index (Phi) is 3.65. The Morgan fingerprint density at radius 2 is 2.26 bits per heavy atom. The molecule has 1 fully saturated rings. The van der Waals surface area contributed by atoms with Crippen molar-refractivity contribution in [1.82, 2.24) is 4.98 Å². The van der Waals surface area contributed by atoms with E-state index in [9.17, 15) is 0 Å². The van der Waals surface area contributed by atoms with Gasteiger partial charge in [-0.2, -0.15) is 0 Å². The number of pyridine rings is 1. The van der Waals surface area contributed by atoms with Crippen LogP contribution in [0.15, 0.2) is 30.3 Å². The minimum Gasteiger partial charge on any atom is -0.384 e. The summed E-state index contributed by atoms with van der Waals surface area (Å²) in [6, 6.07) is 10.4. The summed E-state index contributed by atoms with van der Waals surface area (Å²) in [5, 5.41) is 4.76. The predicted octanol–water partition coefficient (Wildman–Crippen LogP) is 3.38. The zero-order chi connectivity index (χ0) is 13.1. The molecule has 1 N–H and O–H groups in total. The standard InChI is InChI=1S/C16H20N2O/c1-12-10-16(14-4-2-3-5-15(14)18-12)17-8-6-13-7-9-19-11-13/h2-5,10,13H,6-9,11H2,1H3,(H,17,18). The van der Waals surface area contributed by atoms with Crippen molar-refractivity contribution < 1.29 is 4.74 Å². The van der Waals surface area contributed by atoms with Gasteiger partial charge in [0.15, 0.2) is 0 Å². The van der Waals surface area contributed by atoms with Gasteiger partial charge in [0.2, 0.25) is 0 Å². The van der Waals surface area contributed by atoms with Gasteiger partial charge < -0.3 is 10.1 Å². The Balaban J connectivity index is 1.72. The number of ether oxygens (including phenoxy) is 1. The Morgan fingerprint density at radius 1 is 1.37 bits per heavy atom. The van der Waals surface area contributed by atoms with Crippen molar-refractivity contribution in [3.05, 3.63) is 36.0 Å². The quantitative estimate of drug-likeness (QED) is 0.910. The zero-order valence-corrected chi connectivity index (χ0v) is 11.4. The van der Waals surface area contributed by atoms with E-state index >= 15 is 0 Å². The van der Waals surface area contributed by atoms with Crippen LogP contribution in [0.4, 0.5) is 5.69 Å². The third-order valence-corrected chi connectivity index (χ3v) is 3.74. The van der Waals surface area contributed by atoms with Crippen LogP contribution < -0.4 is 5.32 Å². The van der Waals surface area contributed by atoms with Crippen molar-refractivity contribution in [3.8, 4) is 0 Å². The second kappa shape index (κ2) is 5.57. The molecule has 0 bridgehead atoms. The normalized spacial score (nSPS) is 18.9. The average Bonchev–Trinajstić information content (AvgIpc) is 2.91. The molecule has 1 atom stereocenters. The van der Waals surface area contributed by atoms with Gasteiger partial charge >= 0.3 is 0 Å². The molecule has 2 aromatic rings.